The first-order valence-corrected chi connectivity index (χ1v) is 11.4. The molecule has 2 aliphatic rings. The quantitative estimate of drug-likeness (QED) is 0.669. The van der Waals surface area contributed by atoms with E-state index in [1.165, 1.54) is 31.2 Å². The van der Waals surface area contributed by atoms with Crippen LogP contribution in [0.15, 0.2) is 48.5 Å². The second kappa shape index (κ2) is 9.51. The van der Waals surface area contributed by atoms with Crippen LogP contribution in [0, 0.1) is 5.92 Å². The summed E-state index contributed by atoms with van der Waals surface area (Å²) in [5, 5.41) is 4.74. The third-order valence-electron chi connectivity index (χ3n) is 6.46. The fourth-order valence-corrected chi connectivity index (χ4v) is 5.09. The van der Waals surface area contributed by atoms with Crippen LogP contribution in [0.1, 0.15) is 48.0 Å². The van der Waals surface area contributed by atoms with E-state index >= 15 is 0 Å². The van der Waals surface area contributed by atoms with Crippen LogP contribution in [-0.4, -0.2) is 36.0 Å². The Balaban J connectivity index is 1.30. The first-order valence-electron chi connectivity index (χ1n) is 10.6. The number of benzene rings is 2. The number of hydrogen-bond donors (Lipinski definition) is 1. The second-order valence-electron chi connectivity index (χ2n) is 8.40. The lowest BCUT2D eigenvalue weighted by Gasteiger charge is -2.38. The van der Waals surface area contributed by atoms with Gasteiger partial charge in [-0.1, -0.05) is 35.3 Å². The predicted molar refractivity (Wildman–Crippen MR) is 120 cm³/mol. The summed E-state index contributed by atoms with van der Waals surface area (Å²) in [7, 11) is 0. The summed E-state index contributed by atoms with van der Waals surface area (Å²) in [5.41, 5.74) is 2.06. The molecule has 1 amide bonds. The Kier molecular flexibility index (Phi) is 6.79. The van der Waals surface area contributed by atoms with Gasteiger partial charge in [-0.3, -0.25) is 9.69 Å². The summed E-state index contributed by atoms with van der Waals surface area (Å²) in [5.74, 6) is 0.743. The van der Waals surface area contributed by atoms with Gasteiger partial charge < -0.3 is 5.32 Å². The molecular weight excluding hydrogens is 403 g/mol. The maximum absolute atomic E-state index is 12.6. The highest BCUT2D eigenvalue weighted by atomic mass is 35.5. The molecule has 0 bridgehead atoms. The van der Waals surface area contributed by atoms with Crippen molar-refractivity contribution in [1.29, 1.82) is 0 Å². The van der Waals surface area contributed by atoms with Gasteiger partial charge in [0.05, 0.1) is 0 Å². The number of hydrogen-bond acceptors (Lipinski definition) is 2. The number of rotatable bonds is 5. The minimum absolute atomic E-state index is 0.0104. The van der Waals surface area contributed by atoms with Crippen LogP contribution >= 0.6 is 23.2 Å². The van der Waals surface area contributed by atoms with Crippen molar-refractivity contribution in [3.63, 3.8) is 0 Å². The van der Waals surface area contributed by atoms with Gasteiger partial charge in [-0.05, 0) is 99.5 Å². The molecule has 2 aromatic rings. The maximum Gasteiger partial charge on any atom is 0.251 e. The van der Waals surface area contributed by atoms with Crippen molar-refractivity contribution in [2.45, 2.75) is 50.6 Å². The first kappa shape index (κ1) is 20.7. The molecule has 2 atom stereocenters. The van der Waals surface area contributed by atoms with Gasteiger partial charge in [0.25, 0.3) is 5.91 Å². The van der Waals surface area contributed by atoms with Gasteiger partial charge in [-0.15, -0.1) is 0 Å². The molecule has 1 aliphatic carbocycles. The number of piperidine rings is 1. The molecule has 0 spiro atoms. The minimum Gasteiger partial charge on any atom is -0.348 e. The van der Waals surface area contributed by atoms with Crippen molar-refractivity contribution in [3.05, 3.63) is 69.7 Å². The van der Waals surface area contributed by atoms with E-state index in [4.69, 9.17) is 23.2 Å². The Morgan fingerprint density at radius 3 is 2.17 bits per heavy atom. The lowest BCUT2D eigenvalue weighted by atomic mass is 9.89. The Hall–Kier alpha value is -1.55. The molecule has 0 radical (unpaired) electrons. The SMILES string of the molecule is O=C(NC1CCCC1N1CCC(Cc2ccc(Cl)cc2)CC1)c1ccc(Cl)cc1. The van der Waals surface area contributed by atoms with Crippen LogP contribution in [-0.2, 0) is 6.42 Å². The Bertz CT molecular complexity index is 814. The smallest absolute Gasteiger partial charge is 0.251 e. The highest BCUT2D eigenvalue weighted by Gasteiger charge is 2.35. The normalized spacial score (nSPS) is 23.2. The number of nitrogens with zero attached hydrogens (tertiary/aromatic N) is 1. The molecule has 0 aromatic heterocycles. The molecule has 2 fully saturated rings. The molecule has 4 rings (SSSR count). The van der Waals surface area contributed by atoms with E-state index in [0.29, 0.717) is 16.6 Å². The van der Waals surface area contributed by atoms with Crippen LogP contribution in [0.2, 0.25) is 10.0 Å². The standard InChI is InChI=1S/C24H28Cl2N2O/c25-20-8-4-17(5-9-20)16-18-12-14-28(15-13-18)23-3-1-2-22(23)27-24(29)19-6-10-21(26)11-7-19/h4-11,18,22-23H,1-3,12-16H2,(H,27,29). The third kappa shape index (κ3) is 5.33. The third-order valence-corrected chi connectivity index (χ3v) is 6.96. The molecule has 2 aromatic carbocycles. The Morgan fingerprint density at radius 1 is 0.897 bits per heavy atom. The van der Waals surface area contributed by atoms with Gasteiger partial charge >= 0.3 is 0 Å². The number of likely N-dealkylation sites (tertiary alicyclic amines) is 1. The van der Waals surface area contributed by atoms with Crippen molar-refractivity contribution in [1.82, 2.24) is 10.2 Å². The monoisotopic (exact) mass is 430 g/mol. The van der Waals surface area contributed by atoms with Crippen molar-refractivity contribution in [2.75, 3.05) is 13.1 Å². The zero-order valence-electron chi connectivity index (χ0n) is 16.6. The molecule has 29 heavy (non-hydrogen) atoms. The van der Waals surface area contributed by atoms with Crippen LogP contribution < -0.4 is 5.32 Å². The zero-order valence-corrected chi connectivity index (χ0v) is 18.1. The van der Waals surface area contributed by atoms with Gasteiger partial charge in [0.2, 0.25) is 0 Å². The molecule has 1 saturated heterocycles. The molecule has 2 unspecified atom stereocenters. The number of halogens is 2. The van der Waals surface area contributed by atoms with Gasteiger partial charge in [-0.25, -0.2) is 0 Å². The molecule has 1 N–H and O–H groups in total. The van der Waals surface area contributed by atoms with Gasteiger partial charge in [0, 0.05) is 27.7 Å². The number of carbonyl (C=O) groups excluding carboxylic acids is 1. The topological polar surface area (TPSA) is 32.3 Å². The predicted octanol–water partition coefficient (Wildman–Crippen LogP) is 5.60. The van der Waals surface area contributed by atoms with E-state index in [2.05, 4.69) is 22.3 Å². The average Bonchev–Trinajstić information content (AvgIpc) is 3.19. The lowest BCUT2D eigenvalue weighted by Crippen LogP contribution is -2.51. The second-order valence-corrected chi connectivity index (χ2v) is 9.27. The molecule has 1 saturated carbocycles. The zero-order chi connectivity index (χ0) is 20.2. The van der Waals surface area contributed by atoms with Gasteiger partial charge in [-0.2, -0.15) is 0 Å². The molecular formula is C24H28Cl2N2O. The maximum atomic E-state index is 12.6. The van der Waals surface area contributed by atoms with Crippen molar-refractivity contribution in [3.8, 4) is 0 Å². The Labute approximate surface area is 183 Å². The molecule has 5 heteroatoms. The van der Waals surface area contributed by atoms with Crippen molar-refractivity contribution < 1.29 is 4.79 Å². The van der Waals surface area contributed by atoms with Crippen LogP contribution in [0.5, 0.6) is 0 Å². The van der Waals surface area contributed by atoms with E-state index in [1.54, 1.807) is 24.3 Å². The van der Waals surface area contributed by atoms with E-state index in [9.17, 15) is 4.79 Å². The summed E-state index contributed by atoms with van der Waals surface area (Å²) >= 11 is 11.9. The summed E-state index contributed by atoms with van der Waals surface area (Å²) in [6, 6.07) is 16.1. The van der Waals surface area contributed by atoms with Crippen molar-refractivity contribution in [2.24, 2.45) is 5.92 Å². The van der Waals surface area contributed by atoms with E-state index in [1.807, 2.05) is 12.1 Å². The lowest BCUT2D eigenvalue weighted by molar-refractivity contribution is 0.0862. The van der Waals surface area contributed by atoms with Gasteiger partial charge in [0.15, 0.2) is 0 Å². The molecule has 154 valence electrons. The Morgan fingerprint density at radius 2 is 1.52 bits per heavy atom. The summed E-state index contributed by atoms with van der Waals surface area (Å²) in [6.07, 6.45) is 6.99. The number of carbonyl (C=O) groups is 1. The molecule has 3 nitrogen and oxygen atoms in total. The fraction of sp³-hybridized carbons (Fsp3) is 0.458. The van der Waals surface area contributed by atoms with Crippen LogP contribution in [0.3, 0.4) is 0 Å². The average molecular weight is 431 g/mol. The van der Waals surface area contributed by atoms with E-state index < -0.39 is 0 Å². The summed E-state index contributed by atoms with van der Waals surface area (Å²) in [4.78, 5) is 15.2. The largest absolute Gasteiger partial charge is 0.348 e. The van der Waals surface area contributed by atoms with Gasteiger partial charge in [0.1, 0.15) is 0 Å². The fourth-order valence-electron chi connectivity index (χ4n) is 4.84. The first-order chi connectivity index (χ1) is 14.1. The summed E-state index contributed by atoms with van der Waals surface area (Å²) in [6.45, 7) is 2.24. The number of amides is 1. The van der Waals surface area contributed by atoms with Crippen LogP contribution in [0.4, 0.5) is 0 Å². The van der Waals surface area contributed by atoms with E-state index in [-0.39, 0.29) is 11.9 Å². The molecule has 1 aliphatic heterocycles. The minimum atomic E-state index is 0.0104. The van der Waals surface area contributed by atoms with Crippen LogP contribution in [0.25, 0.3) is 0 Å². The highest BCUT2D eigenvalue weighted by Crippen LogP contribution is 2.30. The summed E-state index contributed by atoms with van der Waals surface area (Å²) < 4.78 is 0. The van der Waals surface area contributed by atoms with E-state index in [0.717, 1.165) is 36.9 Å². The number of nitrogens with one attached hydrogen (secondary N) is 1. The van der Waals surface area contributed by atoms with Crippen molar-refractivity contribution >= 4 is 29.1 Å². The molecule has 1 heterocycles. The highest BCUT2D eigenvalue weighted by molar-refractivity contribution is 6.30.